The second-order valence-electron chi connectivity index (χ2n) is 5.67. The lowest BCUT2D eigenvalue weighted by atomic mass is 10.0. The zero-order valence-corrected chi connectivity index (χ0v) is 12.1. The van der Waals surface area contributed by atoms with Crippen molar-refractivity contribution in [3.8, 4) is 0 Å². The summed E-state index contributed by atoms with van der Waals surface area (Å²) in [4.78, 5) is 4.51. The van der Waals surface area contributed by atoms with Gasteiger partial charge in [-0.3, -0.25) is 0 Å². The monoisotopic (exact) mass is 267 g/mol. The van der Waals surface area contributed by atoms with E-state index < -0.39 is 0 Å². The number of rotatable bonds is 3. The van der Waals surface area contributed by atoms with E-state index in [0.29, 0.717) is 5.92 Å². The van der Waals surface area contributed by atoms with Crippen LogP contribution in [0.15, 0.2) is 36.5 Å². The lowest BCUT2D eigenvalue weighted by Gasteiger charge is -2.17. The molecule has 1 aliphatic rings. The Morgan fingerprint density at radius 2 is 1.95 bits per heavy atom. The van der Waals surface area contributed by atoms with Crippen LogP contribution in [-0.4, -0.2) is 11.5 Å². The van der Waals surface area contributed by atoms with E-state index in [4.69, 9.17) is 0 Å². The normalized spacial score (nSPS) is 14.2. The third-order valence-corrected chi connectivity index (χ3v) is 3.82. The van der Waals surface area contributed by atoms with Crippen LogP contribution in [0.25, 0.3) is 0 Å². The molecule has 1 aliphatic heterocycles. The molecule has 0 saturated carbocycles. The number of hydrogen-bond acceptors (Lipinski definition) is 3. The highest BCUT2D eigenvalue weighted by Crippen LogP contribution is 2.22. The predicted molar refractivity (Wildman–Crippen MR) is 83.5 cm³/mol. The minimum absolute atomic E-state index is 0.567. The largest absolute Gasteiger partial charge is 0.340 e. The first-order valence-corrected chi connectivity index (χ1v) is 7.28. The smallest absolute Gasteiger partial charge is 0.130 e. The SMILES string of the molecule is CC(C)c1ccc(Nc2cc3c(cn2)CCNC3)cc1. The molecule has 3 heteroatoms. The fourth-order valence-corrected chi connectivity index (χ4v) is 2.53. The minimum Gasteiger partial charge on any atom is -0.340 e. The van der Waals surface area contributed by atoms with E-state index in [0.717, 1.165) is 31.0 Å². The third kappa shape index (κ3) is 2.83. The van der Waals surface area contributed by atoms with Gasteiger partial charge in [-0.25, -0.2) is 4.98 Å². The van der Waals surface area contributed by atoms with Gasteiger partial charge in [0.15, 0.2) is 0 Å². The predicted octanol–water partition coefficient (Wildman–Crippen LogP) is 3.59. The molecular formula is C17H21N3. The Labute approximate surface area is 120 Å². The van der Waals surface area contributed by atoms with Gasteiger partial charge in [-0.1, -0.05) is 26.0 Å². The number of benzene rings is 1. The summed E-state index contributed by atoms with van der Waals surface area (Å²) in [5.41, 5.74) is 5.17. The number of nitrogens with one attached hydrogen (secondary N) is 2. The summed E-state index contributed by atoms with van der Waals surface area (Å²) in [6.45, 7) is 6.41. The molecule has 0 radical (unpaired) electrons. The van der Waals surface area contributed by atoms with Crippen molar-refractivity contribution in [3.63, 3.8) is 0 Å². The zero-order chi connectivity index (χ0) is 13.9. The van der Waals surface area contributed by atoms with Gasteiger partial charge in [0.05, 0.1) is 0 Å². The molecule has 3 rings (SSSR count). The van der Waals surface area contributed by atoms with Crippen LogP contribution >= 0.6 is 0 Å². The lowest BCUT2D eigenvalue weighted by molar-refractivity contribution is 0.641. The second-order valence-corrected chi connectivity index (χ2v) is 5.67. The molecule has 2 N–H and O–H groups in total. The highest BCUT2D eigenvalue weighted by Gasteiger charge is 2.09. The Balaban J connectivity index is 1.77. The van der Waals surface area contributed by atoms with E-state index >= 15 is 0 Å². The Morgan fingerprint density at radius 1 is 1.15 bits per heavy atom. The molecule has 0 aliphatic carbocycles. The Bertz CT molecular complexity index is 588. The summed E-state index contributed by atoms with van der Waals surface area (Å²) in [7, 11) is 0. The number of pyridine rings is 1. The summed E-state index contributed by atoms with van der Waals surface area (Å²) < 4.78 is 0. The molecule has 0 spiro atoms. The van der Waals surface area contributed by atoms with Crippen LogP contribution in [-0.2, 0) is 13.0 Å². The summed E-state index contributed by atoms with van der Waals surface area (Å²) >= 11 is 0. The van der Waals surface area contributed by atoms with Crippen molar-refractivity contribution in [3.05, 3.63) is 53.2 Å². The summed E-state index contributed by atoms with van der Waals surface area (Å²) in [6, 6.07) is 10.7. The van der Waals surface area contributed by atoms with Crippen LogP contribution in [0.4, 0.5) is 11.5 Å². The van der Waals surface area contributed by atoms with Crippen LogP contribution in [0.5, 0.6) is 0 Å². The van der Waals surface area contributed by atoms with Crippen molar-refractivity contribution in [2.75, 3.05) is 11.9 Å². The highest BCUT2D eigenvalue weighted by atomic mass is 15.0. The standard InChI is InChI=1S/C17H21N3/c1-12(2)13-3-5-16(6-4-13)20-17-9-15-10-18-8-7-14(15)11-19-17/h3-6,9,11-12,18H,7-8,10H2,1-2H3,(H,19,20). The molecule has 0 atom stereocenters. The van der Waals surface area contributed by atoms with Gasteiger partial charge in [-0.2, -0.15) is 0 Å². The Hall–Kier alpha value is -1.87. The molecular weight excluding hydrogens is 246 g/mol. The van der Waals surface area contributed by atoms with Crippen LogP contribution in [0.1, 0.15) is 36.5 Å². The highest BCUT2D eigenvalue weighted by molar-refractivity contribution is 5.57. The average Bonchev–Trinajstić information content (AvgIpc) is 2.48. The van der Waals surface area contributed by atoms with E-state index in [2.05, 4.69) is 59.8 Å². The molecule has 0 saturated heterocycles. The molecule has 0 fully saturated rings. The van der Waals surface area contributed by atoms with Gasteiger partial charge in [0.1, 0.15) is 5.82 Å². The molecule has 1 aromatic carbocycles. The molecule has 2 aromatic rings. The topological polar surface area (TPSA) is 37.0 Å². The maximum absolute atomic E-state index is 4.51. The first-order valence-electron chi connectivity index (χ1n) is 7.28. The molecule has 104 valence electrons. The minimum atomic E-state index is 0.567. The van der Waals surface area contributed by atoms with E-state index in [1.165, 1.54) is 16.7 Å². The Morgan fingerprint density at radius 3 is 2.70 bits per heavy atom. The van der Waals surface area contributed by atoms with Gasteiger partial charge < -0.3 is 10.6 Å². The van der Waals surface area contributed by atoms with E-state index in [1.807, 2.05) is 6.20 Å². The number of anilines is 2. The van der Waals surface area contributed by atoms with Crippen LogP contribution in [0, 0.1) is 0 Å². The van der Waals surface area contributed by atoms with E-state index in [9.17, 15) is 0 Å². The molecule has 0 bridgehead atoms. The van der Waals surface area contributed by atoms with Gasteiger partial charge in [-0.05, 0) is 53.8 Å². The van der Waals surface area contributed by atoms with Crippen LogP contribution in [0.3, 0.4) is 0 Å². The fourth-order valence-electron chi connectivity index (χ4n) is 2.53. The molecule has 1 aromatic heterocycles. The van der Waals surface area contributed by atoms with Crippen molar-refractivity contribution in [1.82, 2.24) is 10.3 Å². The quantitative estimate of drug-likeness (QED) is 0.892. The van der Waals surface area contributed by atoms with Crippen LogP contribution in [0.2, 0.25) is 0 Å². The van der Waals surface area contributed by atoms with Gasteiger partial charge in [0.25, 0.3) is 0 Å². The van der Waals surface area contributed by atoms with Gasteiger partial charge >= 0.3 is 0 Å². The first kappa shape index (κ1) is 13.1. The molecule has 0 unspecified atom stereocenters. The summed E-state index contributed by atoms with van der Waals surface area (Å²) in [6.07, 6.45) is 3.08. The van der Waals surface area contributed by atoms with Crippen molar-refractivity contribution >= 4 is 11.5 Å². The van der Waals surface area contributed by atoms with Crippen molar-refractivity contribution in [2.24, 2.45) is 0 Å². The fraction of sp³-hybridized carbons (Fsp3) is 0.353. The van der Waals surface area contributed by atoms with E-state index in [-0.39, 0.29) is 0 Å². The van der Waals surface area contributed by atoms with Gasteiger partial charge in [0.2, 0.25) is 0 Å². The van der Waals surface area contributed by atoms with E-state index in [1.54, 1.807) is 0 Å². The second kappa shape index (κ2) is 5.63. The van der Waals surface area contributed by atoms with Crippen molar-refractivity contribution < 1.29 is 0 Å². The lowest BCUT2D eigenvalue weighted by Crippen LogP contribution is -2.23. The molecule has 20 heavy (non-hydrogen) atoms. The maximum atomic E-state index is 4.51. The molecule has 3 nitrogen and oxygen atoms in total. The molecule has 0 amide bonds. The summed E-state index contributed by atoms with van der Waals surface area (Å²) in [5, 5.41) is 6.78. The maximum Gasteiger partial charge on any atom is 0.130 e. The van der Waals surface area contributed by atoms with Gasteiger partial charge in [0, 0.05) is 18.4 Å². The third-order valence-electron chi connectivity index (χ3n) is 3.82. The average molecular weight is 267 g/mol. The number of hydrogen-bond donors (Lipinski definition) is 2. The zero-order valence-electron chi connectivity index (χ0n) is 12.1. The first-order chi connectivity index (χ1) is 9.72. The number of aromatic nitrogens is 1. The summed E-state index contributed by atoms with van der Waals surface area (Å²) in [5.74, 6) is 1.49. The van der Waals surface area contributed by atoms with Gasteiger partial charge in [-0.15, -0.1) is 0 Å². The van der Waals surface area contributed by atoms with Crippen LogP contribution < -0.4 is 10.6 Å². The van der Waals surface area contributed by atoms with Crippen molar-refractivity contribution in [2.45, 2.75) is 32.7 Å². The molecule has 2 heterocycles. The number of fused-ring (bicyclic) bond motifs is 1. The Kier molecular flexibility index (Phi) is 3.70. The number of nitrogens with zero attached hydrogens (tertiary/aromatic N) is 1. The van der Waals surface area contributed by atoms with Crippen molar-refractivity contribution in [1.29, 1.82) is 0 Å².